The zero-order valence-corrected chi connectivity index (χ0v) is 10.9. The molecule has 0 spiro atoms. The Labute approximate surface area is 115 Å². The normalized spacial score (nSPS) is 16.4. The summed E-state index contributed by atoms with van der Waals surface area (Å²) >= 11 is 0. The van der Waals surface area contributed by atoms with Gasteiger partial charge < -0.3 is 9.47 Å². The van der Waals surface area contributed by atoms with Crippen molar-refractivity contribution in [2.45, 2.75) is 19.6 Å². The van der Waals surface area contributed by atoms with Crippen LogP contribution >= 0.6 is 0 Å². The number of nitrogens with zero attached hydrogens (tertiary/aromatic N) is 1. The second kappa shape index (κ2) is 5.56. The number of carbonyl (C=O) groups excluding carboxylic acids is 1. The molecule has 1 heterocycles. The minimum Gasteiger partial charge on any atom is -0.421 e. The highest BCUT2D eigenvalue weighted by atomic mass is 16.7. The summed E-state index contributed by atoms with van der Waals surface area (Å²) in [5.41, 5.74) is 2.07. The Hall–Kier alpha value is -2.63. The Morgan fingerprint density at radius 3 is 2.95 bits per heavy atom. The Morgan fingerprint density at radius 2 is 2.35 bits per heavy atom. The predicted molar refractivity (Wildman–Crippen MR) is 70.9 cm³/mol. The monoisotopic (exact) mass is 275 g/mol. The van der Waals surface area contributed by atoms with Crippen molar-refractivity contribution >= 4 is 12.0 Å². The standard InChI is InChI=1S/C14H13NO5/c1-3-5-10-6-4-7-11-8-12(15(17)18)20-14(13(10)11)19-9(2)16/h3-4,6-8,14H,1,5H2,2H3/t14-/m0/s1. The molecule has 1 aromatic carbocycles. The number of nitro groups is 1. The van der Waals surface area contributed by atoms with E-state index in [1.54, 1.807) is 18.2 Å². The first-order valence-electron chi connectivity index (χ1n) is 5.95. The highest BCUT2D eigenvalue weighted by Gasteiger charge is 2.32. The van der Waals surface area contributed by atoms with Gasteiger partial charge in [-0.05, 0) is 17.5 Å². The Kier molecular flexibility index (Phi) is 3.84. The van der Waals surface area contributed by atoms with Gasteiger partial charge in [0.2, 0.25) is 0 Å². The van der Waals surface area contributed by atoms with Crippen LogP contribution in [0.3, 0.4) is 0 Å². The molecule has 0 saturated carbocycles. The first-order chi connectivity index (χ1) is 9.52. The predicted octanol–water partition coefficient (Wildman–Crippen LogP) is 2.58. The molecule has 0 saturated heterocycles. The lowest BCUT2D eigenvalue weighted by Crippen LogP contribution is -2.20. The van der Waals surface area contributed by atoms with E-state index in [0.29, 0.717) is 17.5 Å². The fraction of sp³-hybridized carbons (Fsp3) is 0.214. The lowest BCUT2D eigenvalue weighted by atomic mass is 9.96. The van der Waals surface area contributed by atoms with Crippen LogP contribution in [0.15, 0.2) is 36.7 Å². The van der Waals surface area contributed by atoms with Gasteiger partial charge in [0, 0.05) is 12.5 Å². The average molecular weight is 275 g/mol. The Morgan fingerprint density at radius 1 is 1.60 bits per heavy atom. The second-order valence-corrected chi connectivity index (χ2v) is 4.21. The molecule has 6 heteroatoms. The fourth-order valence-electron chi connectivity index (χ4n) is 2.04. The molecule has 20 heavy (non-hydrogen) atoms. The van der Waals surface area contributed by atoms with E-state index in [1.807, 2.05) is 6.07 Å². The number of ether oxygens (including phenoxy) is 2. The van der Waals surface area contributed by atoms with Crippen molar-refractivity contribution in [1.29, 1.82) is 0 Å². The van der Waals surface area contributed by atoms with E-state index < -0.39 is 23.1 Å². The van der Waals surface area contributed by atoms with Crippen LogP contribution in [0.2, 0.25) is 0 Å². The maximum atomic E-state index is 11.2. The molecule has 1 aliphatic heterocycles. The molecule has 1 atom stereocenters. The molecule has 104 valence electrons. The number of rotatable bonds is 4. The van der Waals surface area contributed by atoms with Crippen molar-refractivity contribution in [2.24, 2.45) is 0 Å². The first kappa shape index (κ1) is 13.8. The van der Waals surface area contributed by atoms with Gasteiger partial charge in [0.15, 0.2) is 0 Å². The van der Waals surface area contributed by atoms with Crippen molar-refractivity contribution in [3.05, 3.63) is 63.5 Å². The van der Waals surface area contributed by atoms with Crippen LogP contribution in [-0.2, 0) is 20.7 Å². The van der Waals surface area contributed by atoms with Crippen molar-refractivity contribution in [1.82, 2.24) is 0 Å². The highest BCUT2D eigenvalue weighted by Crippen LogP contribution is 2.35. The number of esters is 1. The SMILES string of the molecule is C=CCc1cccc2c1[C@@H](OC(C)=O)OC([N+](=O)[O-])=C2. The highest BCUT2D eigenvalue weighted by molar-refractivity contribution is 5.67. The number of benzene rings is 1. The van der Waals surface area contributed by atoms with Gasteiger partial charge >= 0.3 is 11.9 Å². The fourth-order valence-corrected chi connectivity index (χ4v) is 2.04. The summed E-state index contributed by atoms with van der Waals surface area (Å²) in [6.07, 6.45) is 2.46. The lowest BCUT2D eigenvalue weighted by molar-refractivity contribution is -0.472. The first-order valence-corrected chi connectivity index (χ1v) is 5.95. The molecular weight excluding hydrogens is 262 g/mol. The minimum absolute atomic E-state index is 0.445. The van der Waals surface area contributed by atoms with Gasteiger partial charge in [-0.2, -0.15) is 0 Å². The molecule has 1 aliphatic rings. The van der Waals surface area contributed by atoms with Crippen molar-refractivity contribution in [3.8, 4) is 0 Å². The van der Waals surface area contributed by atoms with Crippen molar-refractivity contribution in [3.63, 3.8) is 0 Å². The zero-order chi connectivity index (χ0) is 14.7. The molecule has 0 N–H and O–H groups in total. The molecule has 0 unspecified atom stereocenters. The van der Waals surface area contributed by atoms with Crippen LogP contribution in [-0.4, -0.2) is 10.9 Å². The van der Waals surface area contributed by atoms with Crippen LogP contribution in [0.1, 0.15) is 29.9 Å². The molecule has 2 rings (SSSR count). The number of hydrogen-bond acceptors (Lipinski definition) is 5. The summed E-state index contributed by atoms with van der Waals surface area (Å²) in [7, 11) is 0. The summed E-state index contributed by atoms with van der Waals surface area (Å²) in [4.78, 5) is 21.4. The molecule has 0 aromatic heterocycles. The summed E-state index contributed by atoms with van der Waals surface area (Å²) in [5, 5.41) is 10.9. The summed E-state index contributed by atoms with van der Waals surface area (Å²) in [5.74, 6) is -1.02. The Bertz CT molecular complexity index is 606. The molecule has 0 amide bonds. The van der Waals surface area contributed by atoms with Crippen LogP contribution in [0.4, 0.5) is 0 Å². The van der Waals surface area contributed by atoms with Crippen LogP contribution in [0, 0.1) is 10.1 Å². The summed E-state index contributed by atoms with van der Waals surface area (Å²) < 4.78 is 10.2. The van der Waals surface area contributed by atoms with E-state index in [4.69, 9.17) is 9.47 Å². The molecule has 0 fully saturated rings. The number of allylic oxidation sites excluding steroid dienone is 1. The van der Waals surface area contributed by atoms with E-state index in [1.165, 1.54) is 13.0 Å². The van der Waals surface area contributed by atoms with Gasteiger partial charge in [0.25, 0.3) is 6.29 Å². The smallest absolute Gasteiger partial charge is 0.421 e. The zero-order valence-electron chi connectivity index (χ0n) is 10.9. The maximum Gasteiger partial charge on any atom is 0.431 e. The second-order valence-electron chi connectivity index (χ2n) is 4.21. The third-order valence-corrected chi connectivity index (χ3v) is 2.79. The summed E-state index contributed by atoms with van der Waals surface area (Å²) in [6, 6.07) is 5.33. The van der Waals surface area contributed by atoms with E-state index in [2.05, 4.69) is 6.58 Å². The summed E-state index contributed by atoms with van der Waals surface area (Å²) in [6.45, 7) is 4.89. The van der Waals surface area contributed by atoms with E-state index in [-0.39, 0.29) is 0 Å². The van der Waals surface area contributed by atoms with Gasteiger partial charge in [0.1, 0.15) is 4.92 Å². The quantitative estimate of drug-likeness (QED) is 0.365. The maximum absolute atomic E-state index is 11.2. The van der Waals surface area contributed by atoms with Crippen molar-refractivity contribution < 1.29 is 19.2 Å². The largest absolute Gasteiger partial charge is 0.431 e. The minimum atomic E-state index is -1.11. The van der Waals surface area contributed by atoms with Gasteiger partial charge in [-0.25, -0.2) is 0 Å². The van der Waals surface area contributed by atoms with Crippen LogP contribution in [0.25, 0.3) is 6.08 Å². The van der Waals surface area contributed by atoms with Gasteiger partial charge in [0.05, 0.1) is 6.08 Å². The van der Waals surface area contributed by atoms with Crippen LogP contribution in [0.5, 0.6) is 0 Å². The number of carbonyl (C=O) groups is 1. The van der Waals surface area contributed by atoms with Gasteiger partial charge in [-0.3, -0.25) is 14.9 Å². The molecule has 0 aliphatic carbocycles. The average Bonchev–Trinajstić information content (AvgIpc) is 2.38. The number of fused-ring (bicyclic) bond motifs is 1. The molecular formula is C14H13NO5. The third kappa shape index (κ3) is 2.69. The number of hydrogen-bond donors (Lipinski definition) is 0. The van der Waals surface area contributed by atoms with Gasteiger partial charge in [-0.15, -0.1) is 6.58 Å². The topological polar surface area (TPSA) is 78.7 Å². The third-order valence-electron chi connectivity index (χ3n) is 2.79. The van der Waals surface area contributed by atoms with E-state index >= 15 is 0 Å². The van der Waals surface area contributed by atoms with Crippen molar-refractivity contribution in [2.75, 3.05) is 0 Å². The molecule has 0 bridgehead atoms. The van der Waals surface area contributed by atoms with E-state index in [9.17, 15) is 14.9 Å². The van der Waals surface area contributed by atoms with Crippen LogP contribution < -0.4 is 0 Å². The molecule has 0 radical (unpaired) electrons. The Balaban J connectivity index is 2.54. The molecule has 1 aromatic rings. The molecule has 6 nitrogen and oxygen atoms in total. The van der Waals surface area contributed by atoms with Gasteiger partial charge in [-0.1, -0.05) is 24.3 Å². The van der Waals surface area contributed by atoms with E-state index in [0.717, 1.165) is 5.56 Å². The lowest BCUT2D eigenvalue weighted by Gasteiger charge is -2.24.